The Balaban J connectivity index is 1.74. The second-order valence-corrected chi connectivity index (χ2v) is 9.39. The number of hydrogen-bond acceptors (Lipinski definition) is 3. The fourth-order valence-corrected chi connectivity index (χ4v) is 3.43. The highest BCUT2D eigenvalue weighted by atomic mass is 19.4. The molecule has 0 radical (unpaired) electrons. The van der Waals surface area contributed by atoms with Crippen molar-refractivity contribution in [3.63, 3.8) is 0 Å². The third-order valence-corrected chi connectivity index (χ3v) is 5.32. The molecule has 36 heavy (non-hydrogen) atoms. The number of urea groups is 1. The molecule has 0 aliphatic heterocycles. The van der Waals surface area contributed by atoms with Gasteiger partial charge >= 0.3 is 12.2 Å². The van der Waals surface area contributed by atoms with Crippen molar-refractivity contribution < 1.29 is 22.8 Å². The molecule has 3 amide bonds. The third kappa shape index (κ3) is 6.87. The van der Waals surface area contributed by atoms with E-state index in [1.54, 1.807) is 10.7 Å². The Morgan fingerprint density at radius 1 is 0.972 bits per heavy atom. The summed E-state index contributed by atoms with van der Waals surface area (Å²) in [7, 11) is 0. The first-order chi connectivity index (χ1) is 16.9. The number of aromatic nitrogens is 2. The van der Waals surface area contributed by atoms with E-state index in [0.717, 1.165) is 23.5 Å². The number of carbonyl (C=O) groups excluding carboxylic acids is 2. The average molecular weight is 502 g/mol. The van der Waals surface area contributed by atoms with Gasteiger partial charge in [0.2, 0.25) is 5.91 Å². The summed E-state index contributed by atoms with van der Waals surface area (Å²) in [5.74, 6) is 0.0410. The van der Waals surface area contributed by atoms with Crippen LogP contribution < -0.4 is 10.6 Å². The molecule has 0 atom stereocenters. The molecule has 1 aromatic heterocycles. The van der Waals surface area contributed by atoms with Crippen LogP contribution >= 0.6 is 0 Å². The smallest absolute Gasteiger partial charge is 0.315 e. The number of nitrogens with zero attached hydrogens (tertiary/aromatic N) is 3. The van der Waals surface area contributed by atoms with E-state index in [9.17, 15) is 22.8 Å². The van der Waals surface area contributed by atoms with Crippen molar-refractivity contribution in [2.45, 2.75) is 45.7 Å². The molecule has 3 aromatic rings. The Kier molecular flexibility index (Phi) is 8.07. The first kappa shape index (κ1) is 26.8. The second-order valence-electron chi connectivity index (χ2n) is 9.39. The molecule has 3 rings (SSSR count). The van der Waals surface area contributed by atoms with Gasteiger partial charge in [-0.25, -0.2) is 9.48 Å². The van der Waals surface area contributed by atoms with Crippen molar-refractivity contribution in [3.05, 3.63) is 71.9 Å². The molecule has 1 heterocycles. The molecule has 192 valence electrons. The van der Waals surface area contributed by atoms with Crippen LogP contribution in [0.2, 0.25) is 0 Å². The summed E-state index contributed by atoms with van der Waals surface area (Å²) in [5.41, 5.74) is 0.692. The molecule has 0 aliphatic carbocycles. The molecule has 2 N–H and O–H groups in total. The number of para-hydroxylation sites is 1. The maximum atomic E-state index is 13.0. The van der Waals surface area contributed by atoms with Gasteiger partial charge in [-0.05, 0) is 42.8 Å². The van der Waals surface area contributed by atoms with Gasteiger partial charge < -0.3 is 15.5 Å². The summed E-state index contributed by atoms with van der Waals surface area (Å²) in [4.78, 5) is 27.1. The SMILES string of the molecule is CCCN(CC(=O)Nc1cc(C(C)(C)C)nn1-c1ccccc1)C(=O)Nc1ccc(C(F)(F)F)cc1. The molecular formula is C26H30F3N5O2. The van der Waals surface area contributed by atoms with Gasteiger partial charge in [-0.15, -0.1) is 0 Å². The Labute approximate surface area is 208 Å². The van der Waals surface area contributed by atoms with Gasteiger partial charge in [0.05, 0.1) is 16.9 Å². The van der Waals surface area contributed by atoms with Crippen LogP contribution in [0.25, 0.3) is 5.69 Å². The number of anilines is 2. The lowest BCUT2D eigenvalue weighted by Crippen LogP contribution is -2.41. The van der Waals surface area contributed by atoms with Crippen molar-refractivity contribution >= 4 is 23.4 Å². The Morgan fingerprint density at radius 2 is 1.61 bits per heavy atom. The van der Waals surface area contributed by atoms with Crippen molar-refractivity contribution in [1.29, 1.82) is 0 Å². The quantitative estimate of drug-likeness (QED) is 0.412. The maximum absolute atomic E-state index is 13.0. The maximum Gasteiger partial charge on any atom is 0.416 e. The van der Waals surface area contributed by atoms with Crippen LogP contribution in [0.3, 0.4) is 0 Å². The molecule has 0 saturated heterocycles. The zero-order valence-corrected chi connectivity index (χ0v) is 20.7. The van der Waals surface area contributed by atoms with Crippen LogP contribution in [0.1, 0.15) is 45.4 Å². The number of hydrogen-bond donors (Lipinski definition) is 2. The highest BCUT2D eigenvalue weighted by Crippen LogP contribution is 2.30. The zero-order chi connectivity index (χ0) is 26.5. The van der Waals surface area contributed by atoms with E-state index in [2.05, 4.69) is 15.7 Å². The number of carbonyl (C=O) groups is 2. The predicted molar refractivity (Wildman–Crippen MR) is 133 cm³/mol. The highest BCUT2D eigenvalue weighted by Gasteiger charge is 2.30. The van der Waals surface area contributed by atoms with Crippen LogP contribution in [0.4, 0.5) is 29.5 Å². The van der Waals surface area contributed by atoms with Gasteiger partial charge in [0, 0.05) is 23.7 Å². The van der Waals surface area contributed by atoms with E-state index in [0.29, 0.717) is 12.2 Å². The lowest BCUT2D eigenvalue weighted by atomic mass is 9.92. The number of rotatable bonds is 7. The summed E-state index contributed by atoms with van der Waals surface area (Å²) in [6, 6.07) is 14.7. The van der Waals surface area contributed by atoms with Crippen LogP contribution in [0.15, 0.2) is 60.7 Å². The van der Waals surface area contributed by atoms with Gasteiger partial charge in [-0.3, -0.25) is 4.79 Å². The molecule has 7 nitrogen and oxygen atoms in total. The fourth-order valence-electron chi connectivity index (χ4n) is 3.43. The lowest BCUT2D eigenvalue weighted by molar-refractivity contribution is -0.137. The van der Waals surface area contributed by atoms with E-state index >= 15 is 0 Å². The Morgan fingerprint density at radius 3 is 2.17 bits per heavy atom. The molecule has 0 aliphatic rings. The molecule has 10 heteroatoms. The van der Waals surface area contributed by atoms with Crippen molar-refractivity contribution in [1.82, 2.24) is 14.7 Å². The predicted octanol–water partition coefficient (Wildman–Crippen LogP) is 6.07. The summed E-state index contributed by atoms with van der Waals surface area (Å²) < 4.78 is 40.0. The Bertz CT molecular complexity index is 1180. The van der Waals surface area contributed by atoms with Crippen molar-refractivity contribution in [2.24, 2.45) is 0 Å². The first-order valence-electron chi connectivity index (χ1n) is 11.6. The number of alkyl halides is 3. The van der Waals surface area contributed by atoms with Gasteiger partial charge in [0.1, 0.15) is 12.4 Å². The van der Waals surface area contributed by atoms with Crippen LogP contribution in [-0.2, 0) is 16.4 Å². The summed E-state index contributed by atoms with van der Waals surface area (Å²) >= 11 is 0. The molecule has 0 saturated carbocycles. The first-order valence-corrected chi connectivity index (χ1v) is 11.6. The van der Waals surface area contributed by atoms with E-state index < -0.39 is 23.7 Å². The van der Waals surface area contributed by atoms with Crippen molar-refractivity contribution in [2.75, 3.05) is 23.7 Å². The van der Waals surface area contributed by atoms with E-state index in [4.69, 9.17) is 0 Å². The topological polar surface area (TPSA) is 79.3 Å². The minimum Gasteiger partial charge on any atom is -0.315 e. The Hall–Kier alpha value is -3.82. The fraction of sp³-hybridized carbons (Fsp3) is 0.346. The monoisotopic (exact) mass is 501 g/mol. The summed E-state index contributed by atoms with van der Waals surface area (Å²) in [5, 5.41) is 10.1. The molecule has 0 bridgehead atoms. The summed E-state index contributed by atoms with van der Waals surface area (Å²) in [6.07, 6.45) is -3.88. The standard InChI is InChI=1S/C26H30F3N5O2/c1-5-15-33(24(36)30-19-13-11-18(12-14-19)26(27,28)29)17-23(35)31-22-16-21(25(2,3)4)32-34(22)20-9-7-6-8-10-20/h6-14,16H,5,15,17H2,1-4H3,(H,30,36)(H,31,35). The molecule has 0 spiro atoms. The number of amides is 3. The van der Waals surface area contributed by atoms with Crippen LogP contribution in [0, 0.1) is 0 Å². The summed E-state index contributed by atoms with van der Waals surface area (Å²) in [6.45, 7) is 7.95. The minimum absolute atomic E-state index is 0.200. The van der Waals surface area contributed by atoms with Crippen LogP contribution in [0.5, 0.6) is 0 Å². The number of benzene rings is 2. The van der Waals surface area contributed by atoms with E-state index in [-0.39, 0.29) is 24.2 Å². The third-order valence-electron chi connectivity index (χ3n) is 5.32. The van der Waals surface area contributed by atoms with Gasteiger partial charge in [-0.1, -0.05) is 45.9 Å². The number of halogens is 3. The largest absolute Gasteiger partial charge is 0.416 e. The number of nitrogens with one attached hydrogen (secondary N) is 2. The van der Waals surface area contributed by atoms with Crippen LogP contribution in [-0.4, -0.2) is 39.7 Å². The van der Waals surface area contributed by atoms with Gasteiger partial charge in [0.25, 0.3) is 0 Å². The lowest BCUT2D eigenvalue weighted by Gasteiger charge is -2.22. The second kappa shape index (κ2) is 10.8. The van der Waals surface area contributed by atoms with E-state index in [1.807, 2.05) is 58.0 Å². The minimum atomic E-state index is -4.46. The highest BCUT2D eigenvalue weighted by molar-refractivity contribution is 5.96. The van der Waals surface area contributed by atoms with Gasteiger partial charge in [-0.2, -0.15) is 18.3 Å². The van der Waals surface area contributed by atoms with E-state index in [1.165, 1.54) is 17.0 Å². The average Bonchev–Trinajstić information content (AvgIpc) is 3.23. The molecular weight excluding hydrogens is 471 g/mol. The zero-order valence-electron chi connectivity index (χ0n) is 20.7. The van der Waals surface area contributed by atoms with Crippen molar-refractivity contribution in [3.8, 4) is 5.69 Å². The molecule has 2 aromatic carbocycles. The van der Waals surface area contributed by atoms with Gasteiger partial charge in [0.15, 0.2) is 0 Å². The molecule has 0 unspecified atom stereocenters. The normalized spacial score (nSPS) is 11.8. The molecule has 0 fully saturated rings.